The van der Waals surface area contributed by atoms with Crippen LogP contribution in [-0.2, 0) is 16.1 Å². The zero-order valence-corrected chi connectivity index (χ0v) is 18.7. The average molecular weight is 435 g/mol. The summed E-state index contributed by atoms with van der Waals surface area (Å²) in [6.07, 6.45) is 0.687. The number of amidine groups is 2. The topological polar surface area (TPSA) is 74.1 Å². The Morgan fingerprint density at radius 3 is 2.55 bits per heavy atom. The number of hydrogen-bond donors (Lipinski definition) is 1. The highest BCUT2D eigenvalue weighted by molar-refractivity contribution is 8.15. The minimum atomic E-state index is -0.411. The lowest BCUT2D eigenvalue weighted by molar-refractivity contribution is -0.125. The van der Waals surface area contributed by atoms with Crippen LogP contribution in [0.15, 0.2) is 64.6 Å². The summed E-state index contributed by atoms with van der Waals surface area (Å²) >= 11 is 1.29. The number of nitrogens with zero attached hydrogens (tertiary/aromatic N) is 3. The van der Waals surface area contributed by atoms with Crippen molar-refractivity contribution in [1.82, 2.24) is 10.2 Å². The number of fused-ring (bicyclic) bond motifs is 3. The fourth-order valence-electron chi connectivity index (χ4n) is 3.62. The summed E-state index contributed by atoms with van der Waals surface area (Å²) in [6, 6.07) is 17.1. The van der Waals surface area contributed by atoms with E-state index in [1.807, 2.05) is 61.5 Å². The van der Waals surface area contributed by atoms with Gasteiger partial charge in [-0.25, -0.2) is 9.89 Å². The molecular formula is C24H26N4O2S. The lowest BCUT2D eigenvalue weighted by Gasteiger charge is -2.27. The molecule has 2 aromatic rings. The van der Waals surface area contributed by atoms with Crippen LogP contribution in [0.2, 0.25) is 0 Å². The fourth-order valence-corrected chi connectivity index (χ4v) is 4.56. The molecule has 0 saturated carbocycles. The van der Waals surface area contributed by atoms with Gasteiger partial charge in [0, 0.05) is 12.1 Å². The van der Waals surface area contributed by atoms with Gasteiger partial charge in [0.2, 0.25) is 5.91 Å². The van der Waals surface area contributed by atoms with Gasteiger partial charge in [-0.15, -0.1) is 0 Å². The van der Waals surface area contributed by atoms with Crippen LogP contribution in [0.1, 0.15) is 38.3 Å². The second kappa shape index (κ2) is 9.06. The molecule has 31 heavy (non-hydrogen) atoms. The van der Waals surface area contributed by atoms with Crippen molar-refractivity contribution >= 4 is 40.3 Å². The second-order valence-electron chi connectivity index (χ2n) is 8.15. The number of nitrogens with one attached hydrogen (secondary N) is 1. The van der Waals surface area contributed by atoms with Crippen molar-refractivity contribution in [2.75, 3.05) is 0 Å². The Morgan fingerprint density at radius 1 is 1.10 bits per heavy atom. The maximum atomic E-state index is 13.2. The maximum absolute atomic E-state index is 13.2. The molecule has 2 aliphatic rings. The number of carbonyl (C=O) groups excluding carboxylic acids is 2. The van der Waals surface area contributed by atoms with E-state index >= 15 is 0 Å². The third-order valence-corrected chi connectivity index (χ3v) is 6.26. The van der Waals surface area contributed by atoms with Crippen LogP contribution in [-0.4, -0.2) is 39.0 Å². The molecule has 2 heterocycles. The SMILES string of the molecule is CC(C)CC1N=C2c3ccccc3N=C(SC(C)C(=O)NCc3ccccc3)N2C1=O. The van der Waals surface area contributed by atoms with Gasteiger partial charge in [-0.3, -0.25) is 14.6 Å². The summed E-state index contributed by atoms with van der Waals surface area (Å²) in [5.74, 6) is 0.826. The molecule has 6 nitrogen and oxygen atoms in total. The summed E-state index contributed by atoms with van der Waals surface area (Å²) in [5, 5.41) is 3.06. The van der Waals surface area contributed by atoms with Gasteiger partial charge < -0.3 is 5.32 Å². The van der Waals surface area contributed by atoms with Crippen LogP contribution < -0.4 is 5.32 Å². The number of thioether (sulfide) groups is 1. The summed E-state index contributed by atoms with van der Waals surface area (Å²) in [7, 11) is 0. The Morgan fingerprint density at radius 2 is 1.81 bits per heavy atom. The van der Waals surface area contributed by atoms with Gasteiger partial charge in [0.15, 0.2) is 5.17 Å². The molecular weight excluding hydrogens is 408 g/mol. The Kier molecular flexibility index (Phi) is 6.23. The van der Waals surface area contributed by atoms with Crippen molar-refractivity contribution in [2.24, 2.45) is 15.9 Å². The predicted molar refractivity (Wildman–Crippen MR) is 126 cm³/mol. The molecule has 2 amide bonds. The molecule has 2 aromatic carbocycles. The zero-order valence-electron chi connectivity index (χ0n) is 17.9. The smallest absolute Gasteiger partial charge is 0.259 e. The lowest BCUT2D eigenvalue weighted by Crippen LogP contribution is -2.43. The summed E-state index contributed by atoms with van der Waals surface area (Å²) < 4.78 is 0. The zero-order chi connectivity index (χ0) is 22.0. The van der Waals surface area contributed by atoms with Crippen molar-refractivity contribution in [1.29, 1.82) is 0 Å². The van der Waals surface area contributed by atoms with Gasteiger partial charge in [0.25, 0.3) is 5.91 Å². The highest BCUT2D eigenvalue weighted by atomic mass is 32.2. The highest BCUT2D eigenvalue weighted by Crippen LogP contribution is 2.35. The van der Waals surface area contributed by atoms with E-state index in [0.29, 0.717) is 29.9 Å². The van der Waals surface area contributed by atoms with Gasteiger partial charge >= 0.3 is 0 Å². The van der Waals surface area contributed by atoms with Crippen LogP contribution in [0.4, 0.5) is 5.69 Å². The normalized spacial score (nSPS) is 18.3. The summed E-state index contributed by atoms with van der Waals surface area (Å²) in [4.78, 5) is 36.9. The molecule has 4 rings (SSSR count). The Hall–Kier alpha value is -2.93. The Balaban J connectivity index is 1.53. The number of rotatable bonds is 6. The van der Waals surface area contributed by atoms with E-state index in [1.54, 1.807) is 4.90 Å². The second-order valence-corrected chi connectivity index (χ2v) is 9.45. The summed E-state index contributed by atoms with van der Waals surface area (Å²) in [5.41, 5.74) is 2.67. The molecule has 0 aliphatic carbocycles. The van der Waals surface area contributed by atoms with Gasteiger partial charge in [-0.1, -0.05) is 68.1 Å². The van der Waals surface area contributed by atoms with E-state index < -0.39 is 11.3 Å². The molecule has 2 aliphatic heterocycles. The van der Waals surface area contributed by atoms with Crippen LogP contribution in [0.5, 0.6) is 0 Å². The Labute approximate surface area is 186 Å². The van der Waals surface area contributed by atoms with Crippen LogP contribution in [0, 0.1) is 5.92 Å². The molecule has 0 bridgehead atoms. The Bertz CT molecular complexity index is 1050. The van der Waals surface area contributed by atoms with E-state index in [1.165, 1.54) is 11.8 Å². The number of benzene rings is 2. The molecule has 1 N–H and O–H groups in total. The molecule has 7 heteroatoms. The minimum absolute atomic E-state index is 0.0682. The molecule has 0 aromatic heterocycles. The lowest BCUT2D eigenvalue weighted by atomic mass is 10.0. The van der Waals surface area contributed by atoms with Crippen molar-refractivity contribution in [3.05, 3.63) is 65.7 Å². The minimum Gasteiger partial charge on any atom is -0.351 e. The molecule has 0 spiro atoms. The number of carbonyl (C=O) groups is 2. The highest BCUT2D eigenvalue weighted by Gasteiger charge is 2.42. The van der Waals surface area contributed by atoms with E-state index in [2.05, 4.69) is 19.2 Å². The average Bonchev–Trinajstić information content (AvgIpc) is 3.08. The molecule has 0 radical (unpaired) electrons. The van der Waals surface area contributed by atoms with E-state index in [9.17, 15) is 9.59 Å². The van der Waals surface area contributed by atoms with Crippen LogP contribution in [0.3, 0.4) is 0 Å². The number of amides is 2. The van der Waals surface area contributed by atoms with Crippen molar-refractivity contribution < 1.29 is 9.59 Å². The standard InChI is InChI=1S/C24H26N4O2S/c1-15(2)13-20-23(30)28-21(26-20)18-11-7-8-12-19(18)27-24(28)31-16(3)22(29)25-14-17-9-5-4-6-10-17/h4-12,15-16,20H,13-14H2,1-3H3,(H,25,29). The fraction of sp³-hybridized carbons (Fsp3) is 0.333. The first-order valence-electron chi connectivity index (χ1n) is 10.5. The first kappa shape index (κ1) is 21.3. The van der Waals surface area contributed by atoms with Gasteiger partial charge in [-0.05, 0) is 37.0 Å². The van der Waals surface area contributed by atoms with Crippen molar-refractivity contribution in [2.45, 2.75) is 45.0 Å². The van der Waals surface area contributed by atoms with Crippen LogP contribution in [0.25, 0.3) is 0 Å². The molecule has 2 atom stereocenters. The molecule has 2 unspecified atom stereocenters. The largest absolute Gasteiger partial charge is 0.351 e. The number of para-hydroxylation sites is 1. The van der Waals surface area contributed by atoms with E-state index in [4.69, 9.17) is 9.98 Å². The van der Waals surface area contributed by atoms with Crippen LogP contribution >= 0.6 is 11.8 Å². The maximum Gasteiger partial charge on any atom is 0.259 e. The number of hydrogen-bond acceptors (Lipinski definition) is 5. The third kappa shape index (κ3) is 4.56. The summed E-state index contributed by atoms with van der Waals surface area (Å²) in [6.45, 7) is 6.46. The predicted octanol–water partition coefficient (Wildman–Crippen LogP) is 4.13. The van der Waals surface area contributed by atoms with Crippen molar-refractivity contribution in [3.8, 4) is 0 Å². The molecule has 160 valence electrons. The van der Waals surface area contributed by atoms with Gasteiger partial charge in [0.05, 0.1) is 10.9 Å². The first-order valence-corrected chi connectivity index (χ1v) is 11.4. The first-order chi connectivity index (χ1) is 14.9. The van der Waals surface area contributed by atoms with Crippen molar-refractivity contribution in [3.63, 3.8) is 0 Å². The molecule has 0 fully saturated rings. The van der Waals surface area contributed by atoms with Gasteiger partial charge in [-0.2, -0.15) is 0 Å². The third-order valence-electron chi connectivity index (χ3n) is 5.20. The monoisotopic (exact) mass is 434 g/mol. The van der Waals surface area contributed by atoms with E-state index in [-0.39, 0.29) is 11.8 Å². The van der Waals surface area contributed by atoms with E-state index in [0.717, 1.165) is 16.8 Å². The quantitative estimate of drug-likeness (QED) is 0.743. The number of aliphatic imine (C=N–C) groups is 2. The molecule has 0 saturated heterocycles. The van der Waals surface area contributed by atoms with Gasteiger partial charge in [0.1, 0.15) is 11.9 Å².